The van der Waals surface area contributed by atoms with Gasteiger partial charge in [-0.1, -0.05) is 0 Å². The Hall–Kier alpha value is -1.61. The van der Waals surface area contributed by atoms with Crippen LogP contribution in [0.4, 0.5) is 13.2 Å². The van der Waals surface area contributed by atoms with Crippen LogP contribution in [0.5, 0.6) is 0 Å². The number of nitrogens with one attached hydrogen (secondary N) is 1. The maximum Gasteiger partial charge on any atom is 0.416 e. The number of halogens is 4. The molecular formula is C12H11BrF3NO4. The zero-order chi connectivity index (χ0) is 16.2. The van der Waals surface area contributed by atoms with Crippen LogP contribution < -0.4 is 5.32 Å². The Morgan fingerprint density at radius 3 is 2.48 bits per heavy atom. The highest BCUT2D eigenvalue weighted by atomic mass is 79.9. The first-order chi connectivity index (χ1) is 9.62. The van der Waals surface area contributed by atoms with Crippen LogP contribution in [0.1, 0.15) is 22.3 Å². The highest BCUT2D eigenvalue weighted by Gasteiger charge is 2.31. The fraction of sp³-hybridized carbons (Fsp3) is 0.333. The summed E-state index contributed by atoms with van der Waals surface area (Å²) in [5.74, 6) is -2.24. The molecule has 0 aliphatic carbocycles. The quantitative estimate of drug-likeness (QED) is 0.741. The van der Waals surface area contributed by atoms with Crippen LogP contribution in [0.15, 0.2) is 22.7 Å². The van der Waals surface area contributed by atoms with Crippen LogP contribution in [0.25, 0.3) is 0 Å². The molecule has 1 atom stereocenters. The van der Waals surface area contributed by atoms with Crippen LogP contribution in [-0.4, -0.2) is 34.7 Å². The molecule has 0 aliphatic rings. The average molecular weight is 370 g/mol. The van der Waals surface area contributed by atoms with Gasteiger partial charge in [-0.05, 0) is 34.1 Å². The van der Waals surface area contributed by atoms with Gasteiger partial charge in [0.25, 0.3) is 5.91 Å². The van der Waals surface area contributed by atoms with E-state index >= 15 is 0 Å². The molecule has 0 aromatic heterocycles. The largest absolute Gasteiger partial charge is 0.479 e. The van der Waals surface area contributed by atoms with Gasteiger partial charge in [0.05, 0.1) is 11.1 Å². The van der Waals surface area contributed by atoms with E-state index in [0.29, 0.717) is 6.07 Å². The number of aliphatic carboxylic acids is 1. The molecule has 9 heteroatoms. The molecule has 1 amide bonds. The molecule has 0 fully saturated rings. The fourth-order valence-electron chi connectivity index (χ4n) is 1.42. The summed E-state index contributed by atoms with van der Waals surface area (Å²) in [6.07, 6.45) is -6.47. The van der Waals surface area contributed by atoms with E-state index in [4.69, 9.17) is 10.2 Å². The standard InChI is InChI=1S/C12H11BrF3NO4/c13-8-2-1-6(12(14,15)16)5-7(8)10(19)17-4-3-9(18)11(20)21/h1-2,5,9,18H,3-4H2,(H,17,19)(H,20,21)/t9-/m0/s1. The van der Waals surface area contributed by atoms with E-state index in [1.165, 1.54) is 0 Å². The highest BCUT2D eigenvalue weighted by Crippen LogP contribution is 2.31. The van der Waals surface area contributed by atoms with E-state index < -0.39 is 29.7 Å². The molecular weight excluding hydrogens is 359 g/mol. The van der Waals surface area contributed by atoms with E-state index in [-0.39, 0.29) is 23.0 Å². The van der Waals surface area contributed by atoms with Crippen LogP contribution in [0.2, 0.25) is 0 Å². The highest BCUT2D eigenvalue weighted by molar-refractivity contribution is 9.10. The van der Waals surface area contributed by atoms with Crippen molar-refractivity contribution in [3.63, 3.8) is 0 Å². The van der Waals surface area contributed by atoms with Gasteiger partial charge in [0.1, 0.15) is 0 Å². The summed E-state index contributed by atoms with van der Waals surface area (Å²) in [6, 6.07) is 2.62. The van der Waals surface area contributed by atoms with Crippen LogP contribution in [0, 0.1) is 0 Å². The number of hydrogen-bond donors (Lipinski definition) is 3. The Morgan fingerprint density at radius 1 is 1.33 bits per heavy atom. The Balaban J connectivity index is 2.76. The van der Waals surface area contributed by atoms with Gasteiger partial charge in [-0.2, -0.15) is 13.2 Å². The number of carbonyl (C=O) groups excluding carboxylic acids is 1. The number of rotatable bonds is 5. The molecule has 21 heavy (non-hydrogen) atoms. The molecule has 1 aromatic rings. The lowest BCUT2D eigenvalue weighted by Gasteiger charge is -2.11. The Bertz CT molecular complexity index is 548. The Labute approximate surface area is 125 Å². The molecule has 5 nitrogen and oxygen atoms in total. The summed E-state index contributed by atoms with van der Waals surface area (Å²) in [5, 5.41) is 19.7. The van der Waals surface area contributed by atoms with Gasteiger partial charge < -0.3 is 15.5 Å². The van der Waals surface area contributed by atoms with Crippen molar-refractivity contribution < 1.29 is 33.0 Å². The zero-order valence-electron chi connectivity index (χ0n) is 10.4. The maximum atomic E-state index is 12.6. The minimum atomic E-state index is -4.57. The lowest BCUT2D eigenvalue weighted by molar-refractivity contribution is -0.146. The van der Waals surface area contributed by atoms with Crippen LogP contribution >= 0.6 is 15.9 Å². The summed E-state index contributed by atoms with van der Waals surface area (Å²) < 4.78 is 37.9. The molecule has 0 radical (unpaired) electrons. The smallest absolute Gasteiger partial charge is 0.416 e. The predicted octanol–water partition coefficient (Wildman–Crippen LogP) is 2.03. The summed E-state index contributed by atoms with van der Waals surface area (Å²) in [7, 11) is 0. The first kappa shape index (κ1) is 17.4. The van der Waals surface area contributed by atoms with Crippen LogP contribution in [0.3, 0.4) is 0 Å². The van der Waals surface area contributed by atoms with Gasteiger partial charge in [0.2, 0.25) is 0 Å². The molecule has 0 bridgehead atoms. The molecule has 0 saturated carbocycles. The second-order valence-corrected chi connectivity index (χ2v) is 4.95. The van der Waals surface area contributed by atoms with Crippen molar-refractivity contribution in [3.05, 3.63) is 33.8 Å². The molecule has 0 heterocycles. The molecule has 1 rings (SSSR count). The fourth-order valence-corrected chi connectivity index (χ4v) is 1.84. The van der Waals surface area contributed by atoms with E-state index in [9.17, 15) is 22.8 Å². The summed E-state index contributed by atoms with van der Waals surface area (Å²) >= 11 is 2.97. The minimum Gasteiger partial charge on any atom is -0.479 e. The lowest BCUT2D eigenvalue weighted by Crippen LogP contribution is -2.30. The lowest BCUT2D eigenvalue weighted by atomic mass is 10.1. The van der Waals surface area contributed by atoms with Gasteiger partial charge in [-0.3, -0.25) is 4.79 Å². The number of alkyl halides is 3. The van der Waals surface area contributed by atoms with E-state index in [0.717, 1.165) is 12.1 Å². The van der Waals surface area contributed by atoms with Gasteiger partial charge >= 0.3 is 12.1 Å². The van der Waals surface area contributed by atoms with Crippen molar-refractivity contribution in [2.24, 2.45) is 0 Å². The van der Waals surface area contributed by atoms with Gasteiger partial charge in [-0.15, -0.1) is 0 Å². The molecule has 0 spiro atoms. The van der Waals surface area contributed by atoms with E-state index in [1.807, 2.05) is 0 Å². The number of carboxylic acids is 1. The summed E-state index contributed by atoms with van der Waals surface area (Å²) in [6.45, 7) is -0.186. The number of benzene rings is 1. The monoisotopic (exact) mass is 369 g/mol. The third kappa shape index (κ3) is 5.01. The Kier molecular flexibility index (Phi) is 5.73. The minimum absolute atomic E-state index is 0.173. The number of carboxylic acid groups (broad SMARTS) is 1. The molecule has 0 saturated heterocycles. The first-order valence-electron chi connectivity index (χ1n) is 5.68. The van der Waals surface area contributed by atoms with Crippen molar-refractivity contribution in [3.8, 4) is 0 Å². The normalized spacial score (nSPS) is 12.8. The maximum absolute atomic E-state index is 12.6. The molecule has 1 aromatic carbocycles. The second kappa shape index (κ2) is 6.90. The van der Waals surface area contributed by atoms with E-state index in [2.05, 4.69) is 21.2 Å². The average Bonchev–Trinajstić information content (AvgIpc) is 2.37. The number of aliphatic hydroxyl groups excluding tert-OH is 1. The molecule has 0 aliphatic heterocycles. The molecule has 116 valence electrons. The zero-order valence-corrected chi connectivity index (χ0v) is 12.0. The molecule has 0 unspecified atom stereocenters. The summed E-state index contributed by atoms with van der Waals surface area (Å²) in [4.78, 5) is 22.1. The third-order valence-electron chi connectivity index (χ3n) is 2.53. The predicted molar refractivity (Wildman–Crippen MR) is 69.7 cm³/mol. The van der Waals surface area contributed by atoms with Crippen molar-refractivity contribution in [1.82, 2.24) is 5.32 Å². The number of hydrogen-bond acceptors (Lipinski definition) is 3. The number of aliphatic hydroxyl groups is 1. The Morgan fingerprint density at radius 2 is 1.95 bits per heavy atom. The van der Waals surface area contributed by atoms with Crippen molar-refractivity contribution in [2.45, 2.75) is 18.7 Å². The SMILES string of the molecule is O=C(NCC[C@H](O)C(=O)O)c1cc(C(F)(F)F)ccc1Br. The first-order valence-corrected chi connectivity index (χ1v) is 6.48. The van der Waals surface area contributed by atoms with E-state index in [1.54, 1.807) is 0 Å². The van der Waals surface area contributed by atoms with Gasteiger partial charge in [0.15, 0.2) is 6.10 Å². The van der Waals surface area contributed by atoms with Crippen molar-refractivity contribution in [2.75, 3.05) is 6.54 Å². The second-order valence-electron chi connectivity index (χ2n) is 4.09. The topological polar surface area (TPSA) is 86.6 Å². The van der Waals surface area contributed by atoms with Crippen molar-refractivity contribution >= 4 is 27.8 Å². The number of carbonyl (C=O) groups is 2. The summed E-state index contributed by atoms with van der Waals surface area (Å²) in [5.41, 5.74) is -1.20. The van der Waals surface area contributed by atoms with Gasteiger partial charge in [-0.25, -0.2) is 4.79 Å². The molecule has 3 N–H and O–H groups in total. The van der Waals surface area contributed by atoms with Crippen LogP contribution in [-0.2, 0) is 11.0 Å². The van der Waals surface area contributed by atoms with Crippen molar-refractivity contribution in [1.29, 1.82) is 0 Å². The number of amides is 1. The third-order valence-corrected chi connectivity index (χ3v) is 3.22. The van der Waals surface area contributed by atoms with Gasteiger partial charge in [0, 0.05) is 17.4 Å².